The minimum Gasteiger partial charge on any atom is -0.448 e. The predicted molar refractivity (Wildman–Crippen MR) is 87.1 cm³/mol. The molecule has 0 aliphatic heterocycles. The number of ether oxygens (including phenoxy) is 1. The molecule has 1 heterocycles. The molecule has 1 aromatic heterocycles. The van der Waals surface area contributed by atoms with Gasteiger partial charge in [0, 0.05) is 18.1 Å². The van der Waals surface area contributed by atoms with Crippen LogP contribution in [0.25, 0.3) is 0 Å². The maximum Gasteiger partial charge on any atom is 0.355 e. The molecule has 1 amide bonds. The van der Waals surface area contributed by atoms with Crippen LogP contribution in [0.5, 0.6) is 0 Å². The first-order valence-corrected chi connectivity index (χ1v) is 8.01. The number of nitrogens with zero attached hydrogens (tertiary/aromatic N) is 1. The van der Waals surface area contributed by atoms with Crippen molar-refractivity contribution < 1.29 is 14.3 Å². The number of hydrogen-bond donors (Lipinski definition) is 1. The Balaban J connectivity index is 2.01. The molecule has 0 aliphatic rings. The summed E-state index contributed by atoms with van der Waals surface area (Å²) in [4.78, 5) is 25.1. The lowest BCUT2D eigenvalue weighted by atomic mass is 10.3. The summed E-state index contributed by atoms with van der Waals surface area (Å²) in [7, 11) is 1.75. The molecule has 5 nitrogen and oxygen atoms in total. The number of esters is 1. The van der Waals surface area contributed by atoms with Gasteiger partial charge in [0.15, 0.2) is 6.10 Å². The Kier molecular flexibility index (Phi) is 5.27. The number of carbonyl (C=O) groups excluding carboxylic acids is 2. The van der Waals surface area contributed by atoms with Crippen LogP contribution in [-0.4, -0.2) is 28.8 Å². The molecule has 2 rings (SSSR count). The highest BCUT2D eigenvalue weighted by atomic mass is 32.2. The van der Waals surface area contributed by atoms with E-state index in [4.69, 9.17) is 4.74 Å². The van der Waals surface area contributed by atoms with Gasteiger partial charge in [-0.25, -0.2) is 4.79 Å². The van der Waals surface area contributed by atoms with E-state index in [-0.39, 0.29) is 5.91 Å². The van der Waals surface area contributed by atoms with Crippen LogP contribution in [0.3, 0.4) is 0 Å². The van der Waals surface area contributed by atoms with Crippen LogP contribution in [0.15, 0.2) is 47.5 Å². The summed E-state index contributed by atoms with van der Waals surface area (Å²) in [6.45, 7) is 1.55. The number of nitrogens with one attached hydrogen (secondary N) is 1. The number of carbonyl (C=O) groups is 2. The zero-order valence-corrected chi connectivity index (χ0v) is 13.5. The summed E-state index contributed by atoms with van der Waals surface area (Å²) in [5, 5.41) is 2.78. The summed E-state index contributed by atoms with van der Waals surface area (Å²) >= 11 is 1.54. The fourth-order valence-corrected chi connectivity index (χ4v) is 2.48. The number of thioether (sulfide) groups is 1. The normalized spacial score (nSPS) is 11.8. The molecular formula is C16H18N2O3S. The van der Waals surface area contributed by atoms with Gasteiger partial charge in [-0.3, -0.25) is 4.79 Å². The zero-order valence-electron chi connectivity index (χ0n) is 12.7. The quantitative estimate of drug-likeness (QED) is 0.680. The topological polar surface area (TPSA) is 60.3 Å². The van der Waals surface area contributed by atoms with Crippen LogP contribution in [0.1, 0.15) is 17.4 Å². The van der Waals surface area contributed by atoms with Crippen molar-refractivity contribution >= 4 is 29.3 Å². The monoisotopic (exact) mass is 318 g/mol. The van der Waals surface area contributed by atoms with E-state index in [9.17, 15) is 9.59 Å². The van der Waals surface area contributed by atoms with E-state index in [0.717, 1.165) is 4.90 Å². The summed E-state index contributed by atoms with van der Waals surface area (Å²) < 4.78 is 6.85. The second-order valence-corrected chi connectivity index (χ2v) is 5.59. The first-order chi connectivity index (χ1) is 10.5. The molecular weight excluding hydrogens is 300 g/mol. The van der Waals surface area contributed by atoms with Crippen LogP contribution in [0.4, 0.5) is 5.69 Å². The van der Waals surface area contributed by atoms with Crippen LogP contribution in [0.2, 0.25) is 0 Å². The Labute approximate surface area is 133 Å². The molecule has 0 saturated heterocycles. The van der Waals surface area contributed by atoms with Crippen molar-refractivity contribution in [2.45, 2.75) is 17.9 Å². The highest BCUT2D eigenvalue weighted by molar-refractivity contribution is 7.98. The molecule has 0 bridgehead atoms. The van der Waals surface area contributed by atoms with Gasteiger partial charge in [0.05, 0.1) is 5.69 Å². The lowest BCUT2D eigenvalue weighted by molar-refractivity contribution is -0.123. The van der Waals surface area contributed by atoms with Crippen molar-refractivity contribution in [3.63, 3.8) is 0 Å². The number of hydrogen-bond acceptors (Lipinski definition) is 4. The maximum absolute atomic E-state index is 12.2. The van der Waals surface area contributed by atoms with Crippen molar-refractivity contribution in [3.8, 4) is 0 Å². The van der Waals surface area contributed by atoms with Crippen molar-refractivity contribution in [2.24, 2.45) is 7.05 Å². The minimum absolute atomic E-state index is 0.357. The summed E-state index contributed by atoms with van der Waals surface area (Å²) in [6, 6.07) is 10.9. The molecule has 1 N–H and O–H groups in total. The van der Waals surface area contributed by atoms with Crippen molar-refractivity contribution in [3.05, 3.63) is 48.3 Å². The lowest BCUT2D eigenvalue weighted by Gasteiger charge is -2.15. The van der Waals surface area contributed by atoms with Gasteiger partial charge in [-0.05, 0) is 37.4 Å². The number of aryl methyl sites for hydroxylation is 1. The summed E-state index contributed by atoms with van der Waals surface area (Å²) in [5.41, 5.74) is 1.12. The Bertz CT molecular complexity index is 682. The van der Waals surface area contributed by atoms with E-state index in [1.165, 1.54) is 11.8 Å². The molecule has 0 saturated carbocycles. The third kappa shape index (κ3) is 3.71. The van der Waals surface area contributed by atoms with Gasteiger partial charge in [-0.2, -0.15) is 0 Å². The van der Waals surface area contributed by atoms with Crippen molar-refractivity contribution in [1.82, 2.24) is 4.57 Å². The average Bonchev–Trinajstić information content (AvgIpc) is 2.93. The number of aromatic nitrogens is 1. The van der Waals surface area contributed by atoms with E-state index < -0.39 is 12.1 Å². The maximum atomic E-state index is 12.2. The molecule has 116 valence electrons. The molecule has 2 aromatic rings. The number of anilines is 1. The van der Waals surface area contributed by atoms with E-state index in [0.29, 0.717) is 11.4 Å². The number of para-hydroxylation sites is 1. The number of rotatable bonds is 5. The highest BCUT2D eigenvalue weighted by Crippen LogP contribution is 2.24. The first-order valence-electron chi connectivity index (χ1n) is 6.79. The number of amides is 1. The van der Waals surface area contributed by atoms with Gasteiger partial charge >= 0.3 is 5.97 Å². The van der Waals surface area contributed by atoms with E-state index in [1.807, 2.05) is 30.5 Å². The molecule has 0 spiro atoms. The first kappa shape index (κ1) is 16.2. The average molecular weight is 318 g/mol. The smallest absolute Gasteiger partial charge is 0.355 e. The highest BCUT2D eigenvalue weighted by Gasteiger charge is 2.20. The molecule has 0 unspecified atom stereocenters. The van der Waals surface area contributed by atoms with Crippen LogP contribution in [0, 0.1) is 0 Å². The van der Waals surface area contributed by atoms with Gasteiger partial charge < -0.3 is 14.6 Å². The van der Waals surface area contributed by atoms with E-state index in [2.05, 4.69) is 5.32 Å². The second-order valence-electron chi connectivity index (χ2n) is 4.74. The van der Waals surface area contributed by atoms with Crippen LogP contribution < -0.4 is 5.32 Å². The van der Waals surface area contributed by atoms with Crippen LogP contribution in [-0.2, 0) is 16.6 Å². The van der Waals surface area contributed by atoms with Gasteiger partial charge in [-0.1, -0.05) is 12.1 Å². The van der Waals surface area contributed by atoms with E-state index >= 15 is 0 Å². The Hall–Kier alpha value is -2.21. The van der Waals surface area contributed by atoms with Gasteiger partial charge in [0.25, 0.3) is 5.91 Å². The third-order valence-corrected chi connectivity index (χ3v) is 3.97. The number of benzene rings is 1. The lowest BCUT2D eigenvalue weighted by Crippen LogP contribution is -2.30. The molecule has 22 heavy (non-hydrogen) atoms. The molecule has 0 aliphatic carbocycles. The van der Waals surface area contributed by atoms with Crippen LogP contribution >= 0.6 is 11.8 Å². The third-order valence-electron chi connectivity index (χ3n) is 3.17. The zero-order chi connectivity index (χ0) is 16.1. The fourth-order valence-electron chi connectivity index (χ4n) is 1.93. The fraction of sp³-hybridized carbons (Fsp3) is 0.250. The second kappa shape index (κ2) is 7.17. The van der Waals surface area contributed by atoms with Gasteiger partial charge in [0.2, 0.25) is 0 Å². The molecule has 6 heteroatoms. The Morgan fingerprint density at radius 2 is 1.95 bits per heavy atom. The largest absolute Gasteiger partial charge is 0.448 e. The van der Waals surface area contributed by atoms with Gasteiger partial charge in [0.1, 0.15) is 5.69 Å². The van der Waals surface area contributed by atoms with E-state index in [1.54, 1.807) is 36.9 Å². The molecule has 1 aromatic carbocycles. The van der Waals surface area contributed by atoms with Gasteiger partial charge in [-0.15, -0.1) is 11.8 Å². The SMILES string of the molecule is CSc1ccccc1NC(=O)[C@@H](C)OC(=O)c1cccn1C. The standard InChI is InChI=1S/C16H18N2O3S/c1-11(21-16(20)13-8-6-10-18(13)2)15(19)17-12-7-4-5-9-14(12)22-3/h4-11H,1-3H3,(H,17,19)/t11-/m1/s1. The summed E-state index contributed by atoms with van der Waals surface area (Å²) in [6.07, 6.45) is 2.80. The van der Waals surface area contributed by atoms with Crippen molar-refractivity contribution in [2.75, 3.05) is 11.6 Å². The molecule has 1 atom stereocenters. The molecule has 0 fully saturated rings. The predicted octanol–water partition coefficient (Wildman–Crippen LogP) is 2.93. The Morgan fingerprint density at radius 3 is 2.59 bits per heavy atom. The molecule has 0 radical (unpaired) electrons. The summed E-state index contributed by atoms with van der Waals surface area (Å²) in [5.74, 6) is -0.877. The minimum atomic E-state index is -0.877. The Morgan fingerprint density at radius 1 is 1.23 bits per heavy atom. The van der Waals surface area contributed by atoms with Crippen molar-refractivity contribution in [1.29, 1.82) is 0 Å².